The van der Waals surface area contributed by atoms with E-state index in [1.165, 1.54) is 6.20 Å². The van der Waals surface area contributed by atoms with E-state index >= 15 is 0 Å². The number of anilines is 1. The predicted molar refractivity (Wildman–Crippen MR) is 78.9 cm³/mol. The molecule has 0 spiro atoms. The molecule has 1 aromatic heterocycles. The Labute approximate surface area is 130 Å². The van der Waals surface area contributed by atoms with Gasteiger partial charge in [0.2, 0.25) is 0 Å². The molecule has 3 rings (SSSR count). The molecule has 0 aliphatic carbocycles. The number of nitrogens with zero attached hydrogens (tertiary/aromatic N) is 3. The fourth-order valence-corrected chi connectivity index (χ4v) is 3.09. The zero-order valence-corrected chi connectivity index (χ0v) is 12.1. The number of halogens is 3. The van der Waals surface area contributed by atoms with Crippen LogP contribution in [-0.4, -0.2) is 35.0 Å². The maximum absolute atomic E-state index is 12.8. The summed E-state index contributed by atoms with van der Waals surface area (Å²) < 4.78 is 38.5. The molecule has 0 bridgehead atoms. The van der Waals surface area contributed by atoms with Crippen molar-refractivity contribution in [2.24, 2.45) is 0 Å². The zero-order valence-electron chi connectivity index (χ0n) is 12.1. The molecule has 120 valence electrons. The average molecular weight is 321 g/mol. The van der Waals surface area contributed by atoms with Crippen molar-refractivity contribution in [3.63, 3.8) is 0 Å². The third-order valence-electron chi connectivity index (χ3n) is 4.18. The van der Waals surface area contributed by atoms with E-state index in [4.69, 9.17) is 5.26 Å². The maximum Gasteiger partial charge on any atom is 0.416 e. The van der Waals surface area contributed by atoms with Gasteiger partial charge in [-0.05, 0) is 42.5 Å². The summed E-state index contributed by atoms with van der Waals surface area (Å²) in [5.41, 5.74) is 0.890. The molecule has 2 aromatic rings. The summed E-state index contributed by atoms with van der Waals surface area (Å²) >= 11 is 0. The molecular weight excluding hydrogens is 307 g/mol. The van der Waals surface area contributed by atoms with Crippen LogP contribution >= 0.6 is 0 Å². The molecule has 0 amide bonds. The standard InChI is InChI=1S/C16H14F3N3O/c17-16(18,19)15(23)14-2-1-7-22(14)11-3-4-12-10(8-11)5-6-21-13(12)9-20/h3-6,8,14-15,23H,1-2,7H2. The Morgan fingerprint density at radius 1 is 1.35 bits per heavy atom. The summed E-state index contributed by atoms with van der Waals surface area (Å²) in [6, 6.07) is 7.82. The van der Waals surface area contributed by atoms with Crippen LogP contribution in [0.15, 0.2) is 30.5 Å². The highest BCUT2D eigenvalue weighted by Crippen LogP contribution is 2.35. The van der Waals surface area contributed by atoms with Crippen molar-refractivity contribution < 1.29 is 18.3 Å². The quantitative estimate of drug-likeness (QED) is 0.924. The molecule has 2 unspecified atom stereocenters. The summed E-state index contributed by atoms with van der Waals surface area (Å²) in [7, 11) is 0. The second-order valence-electron chi connectivity index (χ2n) is 5.57. The largest absolute Gasteiger partial charge is 0.416 e. The van der Waals surface area contributed by atoms with E-state index in [0.29, 0.717) is 30.5 Å². The van der Waals surface area contributed by atoms with Crippen molar-refractivity contribution in [1.29, 1.82) is 5.26 Å². The van der Waals surface area contributed by atoms with E-state index in [9.17, 15) is 18.3 Å². The summed E-state index contributed by atoms with van der Waals surface area (Å²) in [5, 5.41) is 20.0. The Hall–Kier alpha value is -2.33. The van der Waals surface area contributed by atoms with E-state index in [1.54, 1.807) is 29.2 Å². The van der Waals surface area contributed by atoms with Gasteiger partial charge in [-0.25, -0.2) is 4.98 Å². The SMILES string of the molecule is N#Cc1nccc2cc(N3CCCC3C(O)C(F)(F)F)ccc12. The number of aliphatic hydroxyl groups excluding tert-OH is 1. The molecule has 1 aliphatic heterocycles. The van der Waals surface area contributed by atoms with Crippen LogP contribution in [0.25, 0.3) is 10.8 Å². The van der Waals surface area contributed by atoms with Gasteiger partial charge in [0.1, 0.15) is 11.8 Å². The lowest BCUT2D eigenvalue weighted by molar-refractivity contribution is -0.209. The Balaban J connectivity index is 1.98. The summed E-state index contributed by atoms with van der Waals surface area (Å²) in [6.45, 7) is 0.458. The molecule has 7 heteroatoms. The highest BCUT2D eigenvalue weighted by Gasteiger charge is 2.47. The minimum Gasteiger partial charge on any atom is -0.382 e. The molecule has 4 nitrogen and oxygen atoms in total. The van der Waals surface area contributed by atoms with Crippen LogP contribution in [0.3, 0.4) is 0 Å². The second-order valence-corrected chi connectivity index (χ2v) is 5.57. The smallest absolute Gasteiger partial charge is 0.382 e. The van der Waals surface area contributed by atoms with Gasteiger partial charge in [-0.1, -0.05) is 0 Å². The Morgan fingerprint density at radius 3 is 2.83 bits per heavy atom. The summed E-state index contributed by atoms with van der Waals surface area (Å²) in [4.78, 5) is 5.55. The van der Waals surface area contributed by atoms with Crippen molar-refractivity contribution in [3.8, 4) is 6.07 Å². The van der Waals surface area contributed by atoms with Crippen LogP contribution < -0.4 is 4.90 Å². The Kier molecular flexibility index (Phi) is 3.86. The van der Waals surface area contributed by atoms with E-state index in [2.05, 4.69) is 4.98 Å². The number of aliphatic hydroxyl groups is 1. The molecule has 0 radical (unpaired) electrons. The molecule has 1 aromatic carbocycles. The molecule has 1 fully saturated rings. The van der Waals surface area contributed by atoms with Crippen LogP contribution in [0.1, 0.15) is 18.5 Å². The van der Waals surface area contributed by atoms with Gasteiger partial charge < -0.3 is 10.0 Å². The number of benzene rings is 1. The number of rotatable bonds is 2. The number of alkyl halides is 3. The predicted octanol–water partition coefficient (Wildman–Crippen LogP) is 3.00. The lowest BCUT2D eigenvalue weighted by Crippen LogP contribution is -2.47. The van der Waals surface area contributed by atoms with Gasteiger partial charge in [-0.15, -0.1) is 0 Å². The monoisotopic (exact) mass is 321 g/mol. The highest BCUT2D eigenvalue weighted by atomic mass is 19.4. The highest BCUT2D eigenvalue weighted by molar-refractivity contribution is 5.89. The molecule has 0 saturated carbocycles. The number of nitriles is 1. The third kappa shape index (κ3) is 2.82. The number of hydrogen-bond acceptors (Lipinski definition) is 4. The summed E-state index contributed by atoms with van der Waals surface area (Å²) in [6.07, 6.45) is -4.62. The minimum absolute atomic E-state index is 0.280. The Morgan fingerprint density at radius 2 is 2.13 bits per heavy atom. The Bertz CT molecular complexity index is 769. The van der Waals surface area contributed by atoms with Gasteiger partial charge in [0.15, 0.2) is 6.10 Å². The van der Waals surface area contributed by atoms with Gasteiger partial charge in [0, 0.05) is 23.8 Å². The van der Waals surface area contributed by atoms with Gasteiger partial charge in [0.25, 0.3) is 0 Å². The summed E-state index contributed by atoms with van der Waals surface area (Å²) in [5.74, 6) is 0. The van der Waals surface area contributed by atoms with Crippen LogP contribution in [0, 0.1) is 11.3 Å². The van der Waals surface area contributed by atoms with E-state index < -0.39 is 18.3 Å². The van der Waals surface area contributed by atoms with Crippen molar-refractivity contribution in [1.82, 2.24) is 4.98 Å². The lowest BCUT2D eigenvalue weighted by Gasteiger charge is -2.31. The molecular formula is C16H14F3N3O. The minimum atomic E-state index is -4.64. The molecule has 1 N–H and O–H groups in total. The fourth-order valence-electron chi connectivity index (χ4n) is 3.09. The second kappa shape index (κ2) is 5.70. The molecule has 23 heavy (non-hydrogen) atoms. The van der Waals surface area contributed by atoms with Crippen molar-refractivity contribution in [2.75, 3.05) is 11.4 Å². The van der Waals surface area contributed by atoms with Gasteiger partial charge >= 0.3 is 6.18 Å². The first-order valence-corrected chi connectivity index (χ1v) is 7.22. The van der Waals surface area contributed by atoms with Crippen LogP contribution in [0.5, 0.6) is 0 Å². The molecule has 1 aliphatic rings. The topological polar surface area (TPSA) is 60.2 Å². The lowest BCUT2D eigenvalue weighted by atomic mass is 10.1. The zero-order chi connectivity index (χ0) is 16.6. The first-order chi connectivity index (χ1) is 10.9. The number of hydrogen-bond donors (Lipinski definition) is 1. The van der Waals surface area contributed by atoms with Crippen molar-refractivity contribution >= 4 is 16.5 Å². The van der Waals surface area contributed by atoms with Crippen LogP contribution in [0.2, 0.25) is 0 Å². The van der Waals surface area contributed by atoms with E-state index in [0.717, 1.165) is 5.39 Å². The normalized spacial score (nSPS) is 19.8. The van der Waals surface area contributed by atoms with Gasteiger partial charge in [-0.2, -0.15) is 18.4 Å². The first-order valence-electron chi connectivity index (χ1n) is 7.22. The van der Waals surface area contributed by atoms with Gasteiger partial charge in [-0.3, -0.25) is 0 Å². The molecule has 2 heterocycles. The third-order valence-corrected chi connectivity index (χ3v) is 4.18. The number of pyridine rings is 1. The van der Waals surface area contributed by atoms with E-state index in [-0.39, 0.29) is 5.69 Å². The average Bonchev–Trinajstić information content (AvgIpc) is 3.01. The van der Waals surface area contributed by atoms with Gasteiger partial charge in [0.05, 0.1) is 6.04 Å². The fraction of sp³-hybridized carbons (Fsp3) is 0.375. The van der Waals surface area contributed by atoms with E-state index in [1.807, 2.05) is 6.07 Å². The maximum atomic E-state index is 12.8. The first kappa shape index (κ1) is 15.6. The van der Waals surface area contributed by atoms with Crippen molar-refractivity contribution in [2.45, 2.75) is 31.2 Å². The van der Waals surface area contributed by atoms with Crippen molar-refractivity contribution in [3.05, 3.63) is 36.2 Å². The number of aromatic nitrogens is 1. The number of fused-ring (bicyclic) bond motifs is 1. The van der Waals surface area contributed by atoms with Crippen LogP contribution in [-0.2, 0) is 0 Å². The molecule has 1 saturated heterocycles. The van der Waals surface area contributed by atoms with Crippen LogP contribution in [0.4, 0.5) is 18.9 Å². The molecule has 2 atom stereocenters.